The smallest absolute Gasteiger partial charge is 0.256 e. The van der Waals surface area contributed by atoms with Crippen molar-refractivity contribution in [3.05, 3.63) is 76.3 Å². The predicted octanol–water partition coefficient (Wildman–Crippen LogP) is 4.54. The molecule has 1 aliphatic heterocycles. The van der Waals surface area contributed by atoms with E-state index in [1.54, 1.807) is 53.7 Å². The number of carbonyl (C=O) groups excluding carboxylic acids is 1. The van der Waals surface area contributed by atoms with E-state index in [0.29, 0.717) is 40.2 Å². The fourth-order valence-corrected chi connectivity index (χ4v) is 4.42. The Hall–Kier alpha value is -3.85. The Morgan fingerprint density at radius 1 is 1.23 bits per heavy atom. The van der Waals surface area contributed by atoms with Gasteiger partial charge in [-0.05, 0) is 42.6 Å². The first-order chi connectivity index (χ1) is 15.2. The van der Waals surface area contributed by atoms with Gasteiger partial charge in [-0.25, -0.2) is 4.68 Å². The van der Waals surface area contributed by atoms with Crippen LogP contribution in [0.4, 0.5) is 11.6 Å². The van der Waals surface area contributed by atoms with E-state index in [4.69, 9.17) is 9.15 Å². The molecule has 0 bridgehead atoms. The molecule has 2 N–H and O–H groups in total. The number of furan rings is 1. The Morgan fingerprint density at radius 2 is 2.10 bits per heavy atom. The monoisotopic (exact) mass is 433 g/mol. The lowest BCUT2D eigenvalue weighted by molar-refractivity contribution is -0.113. The van der Waals surface area contributed by atoms with E-state index in [2.05, 4.69) is 20.7 Å². The van der Waals surface area contributed by atoms with Crippen LogP contribution in [0.5, 0.6) is 5.75 Å². The summed E-state index contributed by atoms with van der Waals surface area (Å²) in [7, 11) is 1.57. The lowest BCUT2D eigenvalue weighted by atomic mass is 10.0. The molecule has 0 saturated carbocycles. The molecule has 0 fully saturated rings. The maximum atomic E-state index is 13.5. The standard InChI is InChI=1S/C22H19N5O3S/c1-13-18(21(28)24-14-7-3-4-8-15(14)29-2)19(17-10-6-12-31-17)27-22(23-13)25-20(26-27)16-9-5-11-30-16/h3-12,19H,1-2H3,(H,24,28)(H,23,25,26). The molecule has 0 spiro atoms. The van der Waals surface area contributed by atoms with Crippen LogP contribution in [0.3, 0.4) is 0 Å². The highest BCUT2D eigenvalue weighted by atomic mass is 32.1. The zero-order valence-corrected chi connectivity index (χ0v) is 17.6. The average molecular weight is 433 g/mol. The van der Waals surface area contributed by atoms with E-state index in [0.717, 1.165) is 4.88 Å². The third kappa shape index (κ3) is 3.38. The molecule has 1 aliphatic rings. The second-order valence-corrected chi connectivity index (χ2v) is 7.90. The summed E-state index contributed by atoms with van der Waals surface area (Å²) in [6.07, 6.45) is 1.58. The third-order valence-corrected chi connectivity index (χ3v) is 5.93. The molecule has 0 aliphatic carbocycles. The molecule has 156 valence electrons. The number of ether oxygens (including phenoxy) is 1. The van der Waals surface area contributed by atoms with Crippen LogP contribution in [0.1, 0.15) is 17.8 Å². The van der Waals surface area contributed by atoms with Crippen molar-refractivity contribution in [1.29, 1.82) is 0 Å². The number of rotatable bonds is 5. The molecule has 31 heavy (non-hydrogen) atoms. The quantitative estimate of drug-likeness (QED) is 0.480. The van der Waals surface area contributed by atoms with Crippen molar-refractivity contribution >= 4 is 28.9 Å². The van der Waals surface area contributed by atoms with E-state index in [1.807, 2.05) is 36.6 Å². The molecule has 0 saturated heterocycles. The number of aromatic nitrogens is 3. The van der Waals surface area contributed by atoms with Crippen molar-refractivity contribution in [3.63, 3.8) is 0 Å². The summed E-state index contributed by atoms with van der Waals surface area (Å²) in [6, 6.07) is 14.4. The van der Waals surface area contributed by atoms with E-state index in [9.17, 15) is 4.79 Å². The van der Waals surface area contributed by atoms with Gasteiger partial charge in [-0.1, -0.05) is 18.2 Å². The van der Waals surface area contributed by atoms with E-state index in [-0.39, 0.29) is 5.91 Å². The molecule has 5 rings (SSSR count). The topological polar surface area (TPSA) is 94.2 Å². The number of anilines is 2. The molecule has 1 aromatic carbocycles. The third-order valence-electron chi connectivity index (χ3n) is 5.01. The minimum absolute atomic E-state index is 0.242. The summed E-state index contributed by atoms with van der Waals surface area (Å²) in [5.74, 6) is 1.91. The maximum absolute atomic E-state index is 13.5. The SMILES string of the molecule is COc1ccccc1NC(=O)C1=C(C)Nc2nc(-c3ccco3)nn2C1c1cccs1. The molecule has 0 radical (unpaired) electrons. The first-order valence-corrected chi connectivity index (χ1v) is 10.5. The number of allylic oxidation sites excluding steroid dienone is 1. The highest BCUT2D eigenvalue weighted by Gasteiger charge is 2.35. The van der Waals surface area contributed by atoms with Gasteiger partial charge in [0.15, 0.2) is 5.76 Å². The number of benzene rings is 1. The lowest BCUT2D eigenvalue weighted by Crippen LogP contribution is -2.31. The van der Waals surface area contributed by atoms with Gasteiger partial charge >= 0.3 is 0 Å². The van der Waals surface area contributed by atoms with E-state index >= 15 is 0 Å². The van der Waals surface area contributed by atoms with E-state index < -0.39 is 6.04 Å². The van der Waals surface area contributed by atoms with Crippen LogP contribution in [0.15, 0.2) is 75.9 Å². The Balaban J connectivity index is 1.57. The van der Waals surface area contributed by atoms with Gasteiger partial charge in [0.25, 0.3) is 5.91 Å². The highest BCUT2D eigenvalue weighted by Crippen LogP contribution is 2.39. The molecular weight excluding hydrogens is 414 g/mol. The predicted molar refractivity (Wildman–Crippen MR) is 118 cm³/mol. The van der Waals surface area contributed by atoms with Crippen LogP contribution >= 0.6 is 11.3 Å². The molecule has 4 aromatic rings. The van der Waals surface area contributed by atoms with Crippen LogP contribution in [0, 0.1) is 0 Å². The number of thiophene rings is 1. The minimum atomic E-state index is -0.429. The zero-order chi connectivity index (χ0) is 21.4. The van der Waals surface area contributed by atoms with Gasteiger partial charge in [-0.15, -0.1) is 16.4 Å². The lowest BCUT2D eigenvalue weighted by Gasteiger charge is -2.27. The Morgan fingerprint density at radius 3 is 2.84 bits per heavy atom. The number of hydrogen-bond donors (Lipinski definition) is 2. The number of para-hydroxylation sites is 2. The van der Waals surface area contributed by atoms with Crippen molar-refractivity contribution < 1.29 is 13.9 Å². The molecular formula is C22H19N5O3S. The number of nitrogens with one attached hydrogen (secondary N) is 2. The van der Waals surface area contributed by atoms with Gasteiger partial charge in [0.1, 0.15) is 11.8 Å². The number of amides is 1. The maximum Gasteiger partial charge on any atom is 0.256 e. The Labute approximate surface area is 182 Å². The first kappa shape index (κ1) is 19.1. The number of nitrogens with zero attached hydrogens (tertiary/aromatic N) is 3. The minimum Gasteiger partial charge on any atom is -0.495 e. The number of carbonyl (C=O) groups is 1. The van der Waals surface area contributed by atoms with Crippen LogP contribution in [0.25, 0.3) is 11.6 Å². The molecule has 9 heteroatoms. The fourth-order valence-electron chi connectivity index (χ4n) is 3.60. The van der Waals surface area contributed by atoms with Gasteiger partial charge in [-0.2, -0.15) is 4.98 Å². The van der Waals surface area contributed by atoms with Crippen molar-refractivity contribution in [2.24, 2.45) is 0 Å². The molecule has 8 nitrogen and oxygen atoms in total. The van der Waals surface area contributed by atoms with Crippen LogP contribution in [0.2, 0.25) is 0 Å². The van der Waals surface area contributed by atoms with Gasteiger partial charge in [0, 0.05) is 10.6 Å². The van der Waals surface area contributed by atoms with Crippen molar-refractivity contribution in [3.8, 4) is 17.3 Å². The first-order valence-electron chi connectivity index (χ1n) is 9.61. The Bertz CT molecular complexity index is 1260. The molecule has 1 atom stereocenters. The Kier molecular flexibility index (Phi) is 4.79. The number of fused-ring (bicyclic) bond motifs is 1. The molecule has 4 heterocycles. The van der Waals surface area contributed by atoms with Crippen molar-refractivity contribution in [2.45, 2.75) is 13.0 Å². The summed E-state index contributed by atoms with van der Waals surface area (Å²) in [6.45, 7) is 1.86. The highest BCUT2D eigenvalue weighted by molar-refractivity contribution is 7.10. The van der Waals surface area contributed by atoms with Gasteiger partial charge in [-0.3, -0.25) is 4.79 Å². The van der Waals surface area contributed by atoms with Crippen molar-refractivity contribution in [1.82, 2.24) is 14.8 Å². The number of methoxy groups -OCH3 is 1. The summed E-state index contributed by atoms with van der Waals surface area (Å²) >= 11 is 1.56. The average Bonchev–Trinajstić information content (AvgIpc) is 3.54. The van der Waals surface area contributed by atoms with Crippen LogP contribution in [-0.4, -0.2) is 27.8 Å². The summed E-state index contributed by atoms with van der Waals surface area (Å²) in [5.41, 5.74) is 1.86. The van der Waals surface area contributed by atoms with Crippen molar-refractivity contribution in [2.75, 3.05) is 17.7 Å². The molecule has 1 amide bonds. The summed E-state index contributed by atoms with van der Waals surface area (Å²) in [4.78, 5) is 19.0. The van der Waals surface area contributed by atoms with Crippen LogP contribution < -0.4 is 15.4 Å². The summed E-state index contributed by atoms with van der Waals surface area (Å²) < 4.78 is 12.6. The second kappa shape index (κ2) is 7.77. The second-order valence-electron chi connectivity index (χ2n) is 6.92. The van der Waals surface area contributed by atoms with Crippen LogP contribution in [-0.2, 0) is 4.79 Å². The molecule has 3 aromatic heterocycles. The summed E-state index contributed by atoms with van der Waals surface area (Å²) in [5, 5.41) is 12.8. The van der Waals surface area contributed by atoms with E-state index in [1.165, 1.54) is 0 Å². The number of hydrogen-bond acceptors (Lipinski definition) is 7. The largest absolute Gasteiger partial charge is 0.495 e. The molecule has 1 unspecified atom stereocenters. The zero-order valence-electron chi connectivity index (χ0n) is 16.8. The van der Waals surface area contributed by atoms with Gasteiger partial charge in [0.05, 0.1) is 24.6 Å². The fraction of sp³-hybridized carbons (Fsp3) is 0.136. The normalized spacial score (nSPS) is 15.4. The van der Waals surface area contributed by atoms with Gasteiger partial charge < -0.3 is 19.8 Å². The van der Waals surface area contributed by atoms with Gasteiger partial charge in [0.2, 0.25) is 11.8 Å².